The van der Waals surface area contributed by atoms with Crippen LogP contribution in [0, 0.1) is 12.8 Å². The Labute approximate surface area is 175 Å². The molecule has 1 aliphatic heterocycles. The third-order valence-corrected chi connectivity index (χ3v) is 6.59. The predicted octanol–water partition coefficient (Wildman–Crippen LogP) is 0.807. The molecule has 3 rings (SSSR count). The number of anilines is 2. The van der Waals surface area contributed by atoms with E-state index in [-0.39, 0.29) is 23.8 Å². The van der Waals surface area contributed by atoms with Gasteiger partial charge < -0.3 is 10.6 Å². The molecule has 1 saturated heterocycles. The number of nitrogens with zero attached hydrogens (tertiary/aromatic N) is 5. The van der Waals surface area contributed by atoms with Gasteiger partial charge in [-0.2, -0.15) is 10.2 Å². The lowest BCUT2D eigenvalue weighted by Gasteiger charge is -2.30. The van der Waals surface area contributed by atoms with Crippen LogP contribution in [0.15, 0.2) is 12.4 Å². The first-order chi connectivity index (χ1) is 14.1. The third kappa shape index (κ3) is 4.54. The van der Waals surface area contributed by atoms with E-state index in [1.54, 1.807) is 17.9 Å². The van der Waals surface area contributed by atoms with Crippen molar-refractivity contribution in [1.82, 2.24) is 23.9 Å². The highest BCUT2D eigenvalue weighted by atomic mass is 32.2. The molecule has 0 radical (unpaired) electrons. The van der Waals surface area contributed by atoms with Gasteiger partial charge in [-0.15, -0.1) is 0 Å². The van der Waals surface area contributed by atoms with Crippen LogP contribution in [0.5, 0.6) is 0 Å². The van der Waals surface area contributed by atoms with Crippen LogP contribution in [0.4, 0.5) is 11.4 Å². The number of rotatable bonds is 6. The van der Waals surface area contributed by atoms with Gasteiger partial charge in [-0.1, -0.05) is 0 Å². The summed E-state index contributed by atoms with van der Waals surface area (Å²) in [7, 11) is -1.58. The van der Waals surface area contributed by atoms with Crippen LogP contribution in [-0.2, 0) is 28.4 Å². The molecule has 1 aliphatic rings. The van der Waals surface area contributed by atoms with Crippen molar-refractivity contribution in [2.75, 3.05) is 30.0 Å². The van der Waals surface area contributed by atoms with Crippen LogP contribution < -0.4 is 10.6 Å². The number of hydrogen-bond donors (Lipinski definition) is 2. The van der Waals surface area contributed by atoms with Crippen molar-refractivity contribution in [2.24, 2.45) is 13.0 Å². The summed E-state index contributed by atoms with van der Waals surface area (Å²) in [6.45, 7) is 4.66. The van der Waals surface area contributed by atoms with E-state index in [1.165, 1.54) is 15.2 Å². The molecule has 2 amide bonds. The van der Waals surface area contributed by atoms with Crippen molar-refractivity contribution in [1.29, 1.82) is 0 Å². The smallest absolute Gasteiger partial charge is 0.276 e. The summed E-state index contributed by atoms with van der Waals surface area (Å²) in [5, 5.41) is 13.9. The first-order valence-electron chi connectivity index (χ1n) is 9.73. The van der Waals surface area contributed by atoms with E-state index in [9.17, 15) is 18.0 Å². The van der Waals surface area contributed by atoms with E-state index < -0.39 is 21.8 Å². The highest BCUT2D eigenvalue weighted by Gasteiger charge is 2.31. The zero-order valence-corrected chi connectivity index (χ0v) is 18.4. The molecular formula is C18H27N7O4S. The van der Waals surface area contributed by atoms with E-state index in [1.807, 2.05) is 13.8 Å². The molecule has 0 bridgehead atoms. The van der Waals surface area contributed by atoms with Crippen molar-refractivity contribution < 1.29 is 18.0 Å². The minimum absolute atomic E-state index is 0.128. The Balaban J connectivity index is 1.78. The van der Waals surface area contributed by atoms with Gasteiger partial charge in [0.05, 0.1) is 41.6 Å². The molecule has 2 aromatic rings. The summed E-state index contributed by atoms with van der Waals surface area (Å²) in [6, 6.07) is 0. The van der Waals surface area contributed by atoms with E-state index in [0.717, 1.165) is 11.9 Å². The summed E-state index contributed by atoms with van der Waals surface area (Å²) in [6.07, 6.45) is 5.31. The molecule has 0 unspecified atom stereocenters. The van der Waals surface area contributed by atoms with Crippen molar-refractivity contribution in [2.45, 2.75) is 33.2 Å². The number of sulfonamides is 1. The first-order valence-corrected chi connectivity index (χ1v) is 11.6. The SMILES string of the molecule is CCn1ncc(NC(=O)[C@H]2CCCN(S(C)(=O)=O)C2)c1C(=O)Nc1cnn(C)c1C. The molecular weight excluding hydrogens is 410 g/mol. The molecule has 30 heavy (non-hydrogen) atoms. The molecule has 164 valence electrons. The molecule has 0 aromatic carbocycles. The lowest BCUT2D eigenvalue weighted by Crippen LogP contribution is -2.43. The van der Waals surface area contributed by atoms with Crippen molar-refractivity contribution in [3.63, 3.8) is 0 Å². The van der Waals surface area contributed by atoms with E-state index in [2.05, 4.69) is 20.8 Å². The van der Waals surface area contributed by atoms with E-state index in [0.29, 0.717) is 31.6 Å². The Morgan fingerprint density at radius 1 is 1.20 bits per heavy atom. The summed E-state index contributed by atoms with van der Waals surface area (Å²) in [4.78, 5) is 25.7. The zero-order chi connectivity index (χ0) is 22.1. The zero-order valence-electron chi connectivity index (χ0n) is 17.5. The van der Waals surface area contributed by atoms with Crippen LogP contribution in [0.2, 0.25) is 0 Å². The fourth-order valence-electron chi connectivity index (χ4n) is 3.45. The van der Waals surface area contributed by atoms with Gasteiger partial charge in [0, 0.05) is 26.7 Å². The lowest BCUT2D eigenvalue weighted by atomic mass is 9.98. The maximum Gasteiger partial charge on any atom is 0.276 e. The van der Waals surface area contributed by atoms with E-state index in [4.69, 9.17) is 0 Å². The Morgan fingerprint density at radius 3 is 2.50 bits per heavy atom. The maximum absolute atomic E-state index is 12.9. The predicted molar refractivity (Wildman–Crippen MR) is 112 cm³/mol. The highest BCUT2D eigenvalue weighted by molar-refractivity contribution is 7.88. The summed E-state index contributed by atoms with van der Waals surface area (Å²) in [5.74, 6) is -1.23. The molecule has 3 heterocycles. The van der Waals surface area contributed by atoms with Crippen LogP contribution in [-0.4, -0.2) is 63.4 Å². The second kappa shape index (κ2) is 8.56. The van der Waals surface area contributed by atoms with Crippen LogP contribution in [0.1, 0.15) is 35.9 Å². The lowest BCUT2D eigenvalue weighted by molar-refractivity contribution is -0.120. The average molecular weight is 438 g/mol. The van der Waals surface area contributed by atoms with Crippen molar-refractivity contribution in [3.05, 3.63) is 23.8 Å². The Kier molecular flexibility index (Phi) is 6.27. The number of nitrogens with one attached hydrogen (secondary N) is 2. The maximum atomic E-state index is 12.9. The van der Waals surface area contributed by atoms with Gasteiger partial charge in [-0.25, -0.2) is 12.7 Å². The number of carbonyl (C=O) groups excluding carboxylic acids is 2. The average Bonchev–Trinajstić information content (AvgIpc) is 3.25. The Bertz CT molecular complexity index is 1060. The Morgan fingerprint density at radius 2 is 1.90 bits per heavy atom. The number of aromatic nitrogens is 4. The number of hydrogen-bond acceptors (Lipinski definition) is 6. The van der Waals surface area contributed by atoms with Gasteiger partial charge in [0.25, 0.3) is 5.91 Å². The van der Waals surface area contributed by atoms with Gasteiger partial charge in [-0.3, -0.25) is 19.0 Å². The van der Waals surface area contributed by atoms with Gasteiger partial charge in [0.15, 0.2) is 0 Å². The normalized spacial score (nSPS) is 17.7. The van der Waals surface area contributed by atoms with Crippen molar-refractivity contribution in [3.8, 4) is 0 Å². The second-order valence-corrected chi connectivity index (χ2v) is 9.38. The van der Waals surface area contributed by atoms with Crippen molar-refractivity contribution >= 4 is 33.2 Å². The molecule has 11 nitrogen and oxygen atoms in total. The highest BCUT2D eigenvalue weighted by Crippen LogP contribution is 2.23. The molecule has 0 saturated carbocycles. The minimum atomic E-state index is -3.36. The quantitative estimate of drug-likeness (QED) is 0.687. The number of piperidine rings is 1. The molecule has 0 spiro atoms. The molecule has 1 fully saturated rings. The molecule has 2 N–H and O–H groups in total. The van der Waals surface area contributed by atoms with Crippen LogP contribution in [0.3, 0.4) is 0 Å². The Hall–Kier alpha value is -2.73. The van der Waals surface area contributed by atoms with Crippen LogP contribution >= 0.6 is 0 Å². The van der Waals surface area contributed by atoms with Gasteiger partial charge in [0.1, 0.15) is 5.69 Å². The summed E-state index contributed by atoms with van der Waals surface area (Å²) < 4.78 is 28.1. The topological polar surface area (TPSA) is 131 Å². The largest absolute Gasteiger partial charge is 0.322 e. The first kappa shape index (κ1) is 22.0. The van der Waals surface area contributed by atoms with Crippen LogP contribution in [0.25, 0.3) is 0 Å². The third-order valence-electron chi connectivity index (χ3n) is 5.32. The summed E-state index contributed by atoms with van der Waals surface area (Å²) in [5.41, 5.74) is 1.88. The van der Waals surface area contributed by atoms with Gasteiger partial charge >= 0.3 is 0 Å². The monoisotopic (exact) mass is 437 g/mol. The van der Waals surface area contributed by atoms with E-state index >= 15 is 0 Å². The second-order valence-electron chi connectivity index (χ2n) is 7.39. The molecule has 1 atom stereocenters. The minimum Gasteiger partial charge on any atom is -0.322 e. The van der Waals surface area contributed by atoms with Gasteiger partial charge in [0.2, 0.25) is 15.9 Å². The fourth-order valence-corrected chi connectivity index (χ4v) is 4.36. The standard InChI is InChI=1S/C18H27N7O4S/c1-5-25-16(18(27)21-14-9-19-23(3)12(14)2)15(10-20-25)22-17(26)13-7-6-8-24(11-13)30(4,28)29/h9-10,13H,5-8,11H2,1-4H3,(H,21,27)(H,22,26)/t13-/m0/s1. The number of aryl methyl sites for hydroxylation is 2. The van der Waals surface area contributed by atoms with Gasteiger partial charge in [-0.05, 0) is 26.7 Å². The molecule has 0 aliphatic carbocycles. The number of amides is 2. The molecule has 2 aromatic heterocycles. The fraction of sp³-hybridized carbons (Fsp3) is 0.556. The number of carbonyl (C=O) groups is 2. The summed E-state index contributed by atoms with van der Waals surface area (Å²) >= 11 is 0. The molecule has 12 heteroatoms.